The minimum absolute atomic E-state index is 0.307. The normalized spacial score (nSPS) is 12.6. The molecule has 1 atom stereocenters. The highest BCUT2D eigenvalue weighted by atomic mass is 31.2. The van der Waals surface area contributed by atoms with Crippen molar-refractivity contribution in [3.63, 3.8) is 0 Å². The number of nitrogens with zero attached hydrogens (tertiary/aromatic N) is 1. The number of anilines is 1. The molecule has 198 valence electrons. The summed E-state index contributed by atoms with van der Waals surface area (Å²) in [5.41, 5.74) is 1.33. The average Bonchev–Trinajstić information content (AvgIpc) is 2.92. The van der Waals surface area contributed by atoms with Gasteiger partial charge in [-0.1, -0.05) is 97.1 Å². The number of carbonyl (C=O) groups is 1. The minimum Gasteiger partial charge on any atom is -0.325 e. The van der Waals surface area contributed by atoms with E-state index in [0.29, 0.717) is 23.2 Å². The van der Waals surface area contributed by atoms with Gasteiger partial charge >= 0.3 is 7.60 Å². The molecular weight excluding hydrogens is 507 g/mol. The highest BCUT2D eigenvalue weighted by Gasteiger charge is 2.38. The lowest BCUT2D eigenvalue weighted by molar-refractivity contribution is -0.116. The van der Waals surface area contributed by atoms with Crippen LogP contribution < -0.4 is 5.32 Å². The third kappa shape index (κ3) is 6.27. The number of nitrogens with one attached hydrogen (secondary N) is 1. The predicted octanol–water partition coefficient (Wildman–Crippen LogP) is 6.53. The Morgan fingerprint density at radius 1 is 0.821 bits per heavy atom. The molecular formula is C32H31N2O4P. The van der Waals surface area contributed by atoms with Gasteiger partial charge in [0.2, 0.25) is 5.91 Å². The zero-order valence-electron chi connectivity index (χ0n) is 21.7. The van der Waals surface area contributed by atoms with Gasteiger partial charge in [0.15, 0.2) is 5.66 Å². The van der Waals surface area contributed by atoms with E-state index in [4.69, 9.17) is 0 Å². The van der Waals surface area contributed by atoms with Crippen molar-refractivity contribution in [2.75, 3.05) is 18.9 Å². The van der Waals surface area contributed by atoms with Crippen LogP contribution in [0.1, 0.15) is 22.3 Å². The molecule has 0 aliphatic carbocycles. The summed E-state index contributed by atoms with van der Waals surface area (Å²) in [6, 6.07) is 34.5. The van der Waals surface area contributed by atoms with Crippen molar-refractivity contribution in [2.45, 2.75) is 18.6 Å². The van der Waals surface area contributed by atoms with Crippen molar-refractivity contribution in [2.24, 2.45) is 0 Å². The lowest BCUT2D eigenvalue weighted by Crippen LogP contribution is -2.24. The second-order valence-corrected chi connectivity index (χ2v) is 11.6. The van der Waals surface area contributed by atoms with E-state index >= 15 is 0 Å². The molecule has 0 saturated heterocycles. The Kier molecular flexibility index (Phi) is 7.92. The first kappa shape index (κ1) is 26.8. The third-order valence-corrected chi connectivity index (χ3v) is 8.18. The van der Waals surface area contributed by atoms with Crippen molar-refractivity contribution < 1.29 is 19.1 Å². The van der Waals surface area contributed by atoms with Crippen LogP contribution in [0.3, 0.4) is 0 Å². The monoisotopic (exact) mass is 538 g/mol. The molecule has 0 saturated carbocycles. The Hall–Kier alpha value is -3.80. The maximum Gasteiger partial charge on any atom is 0.342 e. The summed E-state index contributed by atoms with van der Waals surface area (Å²) in [7, 11) is -2.83. The van der Waals surface area contributed by atoms with Gasteiger partial charge in [0.25, 0.3) is 0 Å². The number of benzene rings is 5. The van der Waals surface area contributed by atoms with Crippen LogP contribution in [0.2, 0.25) is 0 Å². The summed E-state index contributed by atoms with van der Waals surface area (Å²) in [6.45, 7) is 1.37. The van der Waals surface area contributed by atoms with E-state index in [-0.39, 0.29) is 0 Å². The first-order chi connectivity index (χ1) is 18.8. The van der Waals surface area contributed by atoms with E-state index in [1.165, 1.54) is 5.56 Å². The molecule has 0 bridgehead atoms. The van der Waals surface area contributed by atoms with Gasteiger partial charge in [-0.25, -0.2) is 0 Å². The molecule has 1 unspecified atom stereocenters. The Morgan fingerprint density at radius 3 is 2.15 bits per heavy atom. The number of amides is 1. The summed E-state index contributed by atoms with van der Waals surface area (Å²) in [5, 5.41) is 6.31. The average molecular weight is 539 g/mol. The SMILES string of the molecule is CN(CCc1ccccc1)Cc1cc2ccccc2cc1NC(=O)C(c1cccc2ccccc12)P(=O)(O)O. The Balaban J connectivity index is 1.47. The van der Waals surface area contributed by atoms with Crippen LogP contribution >= 0.6 is 7.60 Å². The second-order valence-electron chi connectivity index (χ2n) is 9.88. The quantitative estimate of drug-likeness (QED) is 0.186. The third-order valence-electron chi connectivity index (χ3n) is 7.00. The smallest absolute Gasteiger partial charge is 0.325 e. The molecule has 0 radical (unpaired) electrons. The molecule has 0 fully saturated rings. The standard InChI is InChI=1S/C32H31N2O4P/c1-34(19-18-23-10-3-2-4-11-23)22-27-20-25-13-5-6-14-26(25)21-30(27)33-32(35)31(39(36,37)38)29-17-9-15-24-12-7-8-16-28(24)29/h2-17,20-21,31H,18-19,22H2,1H3,(H,33,35)(H2,36,37,38). The van der Waals surface area contributed by atoms with Gasteiger partial charge in [-0.3, -0.25) is 9.36 Å². The number of likely N-dealkylation sites (N-methyl/N-ethyl adjacent to an activating group) is 1. The van der Waals surface area contributed by atoms with Gasteiger partial charge in [-0.05, 0) is 63.8 Å². The fourth-order valence-corrected chi connectivity index (χ4v) is 5.99. The van der Waals surface area contributed by atoms with E-state index in [2.05, 4.69) is 22.3 Å². The largest absolute Gasteiger partial charge is 0.342 e. The number of hydrogen-bond acceptors (Lipinski definition) is 3. The van der Waals surface area contributed by atoms with E-state index < -0.39 is 19.2 Å². The highest BCUT2D eigenvalue weighted by molar-refractivity contribution is 7.53. The lowest BCUT2D eigenvalue weighted by atomic mass is 10.0. The van der Waals surface area contributed by atoms with Crippen LogP contribution in [0.4, 0.5) is 5.69 Å². The molecule has 1 amide bonds. The molecule has 7 heteroatoms. The van der Waals surface area contributed by atoms with E-state index in [0.717, 1.165) is 34.7 Å². The molecule has 3 N–H and O–H groups in total. The molecule has 0 aromatic heterocycles. The van der Waals surface area contributed by atoms with E-state index in [1.54, 1.807) is 24.3 Å². The van der Waals surface area contributed by atoms with E-state index in [9.17, 15) is 19.1 Å². The molecule has 5 aromatic carbocycles. The van der Waals surface area contributed by atoms with Crippen molar-refractivity contribution in [3.8, 4) is 0 Å². The molecule has 6 nitrogen and oxygen atoms in total. The zero-order chi connectivity index (χ0) is 27.4. The summed E-state index contributed by atoms with van der Waals surface area (Å²) >= 11 is 0. The van der Waals surface area contributed by atoms with E-state index in [1.807, 2.05) is 79.8 Å². The van der Waals surface area contributed by atoms with Gasteiger partial charge in [0, 0.05) is 18.8 Å². The first-order valence-electron chi connectivity index (χ1n) is 12.9. The molecule has 0 spiro atoms. The Morgan fingerprint density at radius 2 is 1.44 bits per heavy atom. The van der Waals surface area contributed by atoms with Crippen LogP contribution in [0, 0.1) is 0 Å². The molecule has 5 rings (SSSR count). The maximum atomic E-state index is 13.7. The van der Waals surface area contributed by atoms with Gasteiger partial charge in [-0.15, -0.1) is 0 Å². The predicted molar refractivity (Wildman–Crippen MR) is 158 cm³/mol. The van der Waals surface area contributed by atoms with Gasteiger partial charge in [0.1, 0.15) is 0 Å². The van der Waals surface area contributed by atoms with Crippen molar-refractivity contribution in [3.05, 3.63) is 126 Å². The van der Waals surface area contributed by atoms with Crippen LogP contribution in [0.5, 0.6) is 0 Å². The summed E-state index contributed by atoms with van der Waals surface area (Å²) in [4.78, 5) is 36.5. The van der Waals surface area contributed by atoms with Crippen LogP contribution in [-0.4, -0.2) is 34.2 Å². The van der Waals surface area contributed by atoms with Crippen molar-refractivity contribution in [1.29, 1.82) is 0 Å². The molecule has 0 aliphatic rings. The highest BCUT2D eigenvalue weighted by Crippen LogP contribution is 2.53. The number of fused-ring (bicyclic) bond motifs is 2. The zero-order valence-corrected chi connectivity index (χ0v) is 22.6. The molecule has 39 heavy (non-hydrogen) atoms. The summed E-state index contributed by atoms with van der Waals surface area (Å²) in [5.74, 6) is -0.733. The summed E-state index contributed by atoms with van der Waals surface area (Å²) < 4.78 is 12.7. The van der Waals surface area contributed by atoms with Crippen LogP contribution in [0.15, 0.2) is 109 Å². The lowest BCUT2D eigenvalue weighted by Gasteiger charge is -2.23. The number of rotatable bonds is 9. The van der Waals surface area contributed by atoms with Crippen LogP contribution in [0.25, 0.3) is 21.5 Å². The maximum absolute atomic E-state index is 13.7. The van der Waals surface area contributed by atoms with Gasteiger partial charge < -0.3 is 20.0 Å². The fourth-order valence-electron chi connectivity index (χ4n) is 5.03. The van der Waals surface area contributed by atoms with Crippen molar-refractivity contribution >= 4 is 40.7 Å². The number of hydrogen-bond donors (Lipinski definition) is 3. The Labute approximate surface area is 228 Å². The summed E-state index contributed by atoms with van der Waals surface area (Å²) in [6.07, 6.45) is 0.883. The number of carbonyl (C=O) groups excluding carboxylic acids is 1. The molecule has 0 heterocycles. The first-order valence-corrected chi connectivity index (χ1v) is 14.6. The topological polar surface area (TPSA) is 89.9 Å². The molecule has 5 aromatic rings. The second kappa shape index (κ2) is 11.5. The van der Waals surface area contributed by atoms with Crippen molar-refractivity contribution in [1.82, 2.24) is 4.90 Å². The van der Waals surface area contributed by atoms with Crippen LogP contribution in [-0.2, 0) is 22.3 Å². The minimum atomic E-state index is -4.85. The van der Waals surface area contributed by atoms with Gasteiger partial charge in [-0.2, -0.15) is 0 Å². The fraction of sp³-hybridized carbons (Fsp3) is 0.156. The van der Waals surface area contributed by atoms with Gasteiger partial charge in [0.05, 0.1) is 0 Å². The molecule has 0 aliphatic heterocycles. The Bertz CT molecular complexity index is 1660.